The predicted octanol–water partition coefficient (Wildman–Crippen LogP) is -3.68. The van der Waals surface area contributed by atoms with Gasteiger partial charge in [0, 0.05) is 5.56 Å². The van der Waals surface area contributed by atoms with E-state index in [0.717, 1.165) is 0 Å². The molecule has 10 atom stereocenters. The van der Waals surface area contributed by atoms with Crippen molar-refractivity contribution in [2.24, 2.45) is 0 Å². The number of hydrogen-bond acceptors (Lipinski definition) is 12. The number of hydrogen-bond donors (Lipinski definition) is 8. The van der Waals surface area contributed by atoms with Crippen LogP contribution in [0.15, 0.2) is 30.3 Å². The Morgan fingerprint density at radius 2 is 1.06 bits per heavy atom. The van der Waals surface area contributed by atoms with Crippen molar-refractivity contribution in [3.63, 3.8) is 0 Å². The van der Waals surface area contributed by atoms with E-state index >= 15 is 0 Å². The van der Waals surface area contributed by atoms with Crippen LogP contribution in [0.1, 0.15) is 11.9 Å². The van der Waals surface area contributed by atoms with E-state index in [1.807, 2.05) is 0 Å². The van der Waals surface area contributed by atoms with Gasteiger partial charge in [0.1, 0.15) is 48.8 Å². The van der Waals surface area contributed by atoms with Gasteiger partial charge in [-0.3, -0.25) is 0 Å². The van der Waals surface area contributed by atoms with Gasteiger partial charge in [-0.15, -0.1) is 0 Å². The molecule has 2 fully saturated rings. The van der Waals surface area contributed by atoms with Crippen LogP contribution in [0.3, 0.4) is 0 Å². The first-order valence-corrected chi connectivity index (χ1v) is 9.75. The monoisotopic (exact) mass is 448 g/mol. The third-order valence-electron chi connectivity index (χ3n) is 5.28. The quantitative estimate of drug-likeness (QED) is 0.190. The standard InChI is InChI=1S/C19H28O12/c20-6-9-11(22)13(24)15(26)18(28-9)30-17(8-4-2-1-3-5-8)31-19-16(27)14(25)12(23)10(7-21)29-19/h1-5,9-27H,6-7H2/t9-,10-,11-,12-,13+,14+,15-,16-,17?,18?,19?/m1/s1. The Hall–Kier alpha value is -1.26. The summed E-state index contributed by atoms with van der Waals surface area (Å²) in [5.41, 5.74) is 0.372. The van der Waals surface area contributed by atoms with Crippen molar-refractivity contribution in [2.75, 3.05) is 13.2 Å². The second-order valence-electron chi connectivity index (χ2n) is 7.41. The highest BCUT2D eigenvalue weighted by Crippen LogP contribution is 2.32. The van der Waals surface area contributed by atoms with Gasteiger partial charge in [-0.2, -0.15) is 0 Å². The van der Waals surface area contributed by atoms with E-state index in [1.165, 1.54) is 0 Å². The summed E-state index contributed by atoms with van der Waals surface area (Å²) in [5, 5.41) is 79.0. The molecule has 2 unspecified atom stereocenters. The third kappa shape index (κ3) is 5.22. The van der Waals surface area contributed by atoms with Gasteiger partial charge in [-0.05, 0) is 0 Å². The van der Waals surface area contributed by atoms with Gasteiger partial charge in [0.25, 0.3) is 0 Å². The largest absolute Gasteiger partial charge is 0.394 e. The molecule has 2 aliphatic heterocycles. The summed E-state index contributed by atoms with van der Waals surface area (Å²) in [4.78, 5) is 0. The summed E-state index contributed by atoms with van der Waals surface area (Å²) in [6.45, 7) is -1.32. The number of aliphatic hydroxyl groups is 8. The molecule has 0 saturated carbocycles. The van der Waals surface area contributed by atoms with Crippen LogP contribution in [0.4, 0.5) is 0 Å². The smallest absolute Gasteiger partial charge is 0.190 e. The number of aliphatic hydroxyl groups excluding tert-OH is 8. The Kier molecular flexibility index (Phi) is 8.31. The highest BCUT2D eigenvalue weighted by molar-refractivity contribution is 5.16. The molecular weight excluding hydrogens is 420 g/mol. The van der Waals surface area contributed by atoms with Crippen LogP contribution in [0.25, 0.3) is 0 Å². The average molecular weight is 448 g/mol. The summed E-state index contributed by atoms with van der Waals surface area (Å²) in [6.07, 6.45) is -16.9. The van der Waals surface area contributed by atoms with Crippen molar-refractivity contribution in [1.82, 2.24) is 0 Å². The zero-order chi connectivity index (χ0) is 22.7. The van der Waals surface area contributed by atoms with Crippen LogP contribution < -0.4 is 0 Å². The summed E-state index contributed by atoms with van der Waals surface area (Å²) < 4.78 is 22.0. The SMILES string of the molecule is OC[C@H]1OC(OC(OC2O[C@H](CO)[C@@H](O)[C@H](O)[C@H]2O)c2ccccc2)[C@H](O)[C@@H](O)[C@@H]1O. The fraction of sp³-hybridized carbons (Fsp3) is 0.684. The second-order valence-corrected chi connectivity index (χ2v) is 7.41. The zero-order valence-corrected chi connectivity index (χ0v) is 16.4. The molecule has 8 N–H and O–H groups in total. The first-order chi connectivity index (χ1) is 14.8. The minimum atomic E-state index is -1.71. The van der Waals surface area contributed by atoms with Crippen molar-refractivity contribution >= 4 is 0 Å². The first kappa shape index (κ1) is 24.4. The maximum absolute atomic E-state index is 10.2. The molecule has 0 radical (unpaired) electrons. The van der Waals surface area contributed by atoms with Gasteiger partial charge in [-0.25, -0.2) is 0 Å². The summed E-state index contributed by atoms with van der Waals surface area (Å²) in [5.74, 6) is 0. The second kappa shape index (κ2) is 10.6. The van der Waals surface area contributed by atoms with Crippen LogP contribution in [0, 0.1) is 0 Å². The lowest BCUT2D eigenvalue weighted by atomic mass is 9.99. The Bertz CT molecular complexity index is 635. The topological polar surface area (TPSA) is 199 Å². The van der Waals surface area contributed by atoms with Crippen LogP contribution in [0.2, 0.25) is 0 Å². The summed E-state index contributed by atoms with van der Waals surface area (Å²) in [7, 11) is 0. The molecule has 0 bridgehead atoms. The lowest BCUT2D eigenvalue weighted by molar-refractivity contribution is -0.381. The normalized spacial score (nSPS) is 42.3. The van der Waals surface area contributed by atoms with Crippen molar-refractivity contribution in [1.29, 1.82) is 0 Å². The van der Waals surface area contributed by atoms with E-state index in [1.54, 1.807) is 30.3 Å². The van der Waals surface area contributed by atoms with Gasteiger partial charge in [-0.1, -0.05) is 30.3 Å². The van der Waals surface area contributed by atoms with Crippen molar-refractivity contribution in [2.45, 2.75) is 67.7 Å². The lowest BCUT2D eigenvalue weighted by Crippen LogP contribution is -2.60. The number of rotatable bonds is 7. The molecule has 0 spiro atoms. The van der Waals surface area contributed by atoms with Gasteiger partial charge in [0.15, 0.2) is 18.9 Å². The summed E-state index contributed by atoms with van der Waals surface area (Å²) >= 11 is 0. The Morgan fingerprint density at radius 1 is 0.645 bits per heavy atom. The lowest BCUT2D eigenvalue weighted by Gasteiger charge is -2.43. The van der Waals surface area contributed by atoms with E-state index in [0.29, 0.717) is 5.56 Å². The molecule has 2 heterocycles. The van der Waals surface area contributed by atoms with Crippen LogP contribution >= 0.6 is 0 Å². The first-order valence-electron chi connectivity index (χ1n) is 9.75. The molecule has 176 valence electrons. The van der Waals surface area contributed by atoms with Gasteiger partial charge in [0.05, 0.1) is 13.2 Å². The molecule has 31 heavy (non-hydrogen) atoms. The van der Waals surface area contributed by atoms with Gasteiger partial charge in [0.2, 0.25) is 0 Å². The number of benzene rings is 1. The van der Waals surface area contributed by atoms with Crippen LogP contribution in [0.5, 0.6) is 0 Å². The van der Waals surface area contributed by atoms with Gasteiger partial charge >= 0.3 is 0 Å². The Morgan fingerprint density at radius 3 is 1.45 bits per heavy atom. The Balaban J connectivity index is 1.81. The molecule has 0 aromatic heterocycles. The fourth-order valence-corrected chi connectivity index (χ4v) is 3.40. The molecule has 0 aliphatic carbocycles. The molecule has 0 amide bonds. The zero-order valence-electron chi connectivity index (χ0n) is 16.4. The van der Waals surface area contributed by atoms with E-state index in [4.69, 9.17) is 18.9 Å². The maximum Gasteiger partial charge on any atom is 0.190 e. The van der Waals surface area contributed by atoms with E-state index in [9.17, 15) is 40.9 Å². The van der Waals surface area contributed by atoms with E-state index in [2.05, 4.69) is 0 Å². The minimum absolute atomic E-state index is 0.372. The van der Waals surface area contributed by atoms with Gasteiger partial charge < -0.3 is 59.8 Å². The van der Waals surface area contributed by atoms with E-state index < -0.39 is 80.9 Å². The molecule has 2 aliphatic rings. The summed E-state index contributed by atoms with van der Waals surface area (Å²) in [6, 6.07) is 8.17. The molecule has 1 aromatic rings. The average Bonchev–Trinajstić information content (AvgIpc) is 2.79. The van der Waals surface area contributed by atoms with Crippen molar-refractivity contribution < 1.29 is 59.8 Å². The maximum atomic E-state index is 10.2. The van der Waals surface area contributed by atoms with E-state index in [-0.39, 0.29) is 0 Å². The highest BCUT2D eigenvalue weighted by atomic mass is 16.8. The molecule has 12 nitrogen and oxygen atoms in total. The highest BCUT2D eigenvalue weighted by Gasteiger charge is 2.48. The van der Waals surface area contributed by atoms with Crippen LogP contribution in [-0.2, 0) is 18.9 Å². The Labute approximate surface area is 177 Å². The molecule has 12 heteroatoms. The van der Waals surface area contributed by atoms with Crippen molar-refractivity contribution in [3.05, 3.63) is 35.9 Å². The molecule has 2 saturated heterocycles. The fourth-order valence-electron chi connectivity index (χ4n) is 3.40. The molecule has 3 rings (SSSR count). The van der Waals surface area contributed by atoms with Crippen molar-refractivity contribution in [3.8, 4) is 0 Å². The third-order valence-corrected chi connectivity index (χ3v) is 5.28. The number of ether oxygens (including phenoxy) is 4. The predicted molar refractivity (Wildman–Crippen MR) is 98.9 cm³/mol. The molecule has 1 aromatic carbocycles. The minimum Gasteiger partial charge on any atom is -0.394 e. The van der Waals surface area contributed by atoms with Crippen LogP contribution in [-0.4, -0.2) is 115 Å². The molecular formula is C19H28O12.